The summed E-state index contributed by atoms with van der Waals surface area (Å²) in [5.41, 5.74) is 0. The SMILES string of the molecule is CC1O[C@@H](OC2C(O)[C@H](O)C(CO[C@@H]3OC(CO)[C@@H](O)OC3O)O[C@H]2O)C(O)C(O)[C@H]1O. The van der Waals surface area contributed by atoms with Crippen molar-refractivity contribution in [2.45, 2.75) is 93.3 Å². The molecule has 188 valence electrons. The number of aliphatic hydroxyl groups excluding tert-OH is 9. The van der Waals surface area contributed by atoms with E-state index in [4.69, 9.17) is 33.5 Å². The lowest BCUT2D eigenvalue weighted by Gasteiger charge is -2.45. The first-order valence-corrected chi connectivity index (χ1v) is 9.99. The van der Waals surface area contributed by atoms with Gasteiger partial charge in [-0.3, -0.25) is 0 Å². The average Bonchev–Trinajstić information content (AvgIpc) is 2.75. The van der Waals surface area contributed by atoms with E-state index in [1.165, 1.54) is 6.92 Å². The van der Waals surface area contributed by atoms with Crippen LogP contribution in [0.5, 0.6) is 0 Å². The minimum atomic E-state index is -1.84. The van der Waals surface area contributed by atoms with Crippen molar-refractivity contribution in [2.75, 3.05) is 13.2 Å². The molecule has 0 aromatic rings. The van der Waals surface area contributed by atoms with Crippen LogP contribution >= 0.6 is 0 Å². The average molecular weight is 474 g/mol. The van der Waals surface area contributed by atoms with Gasteiger partial charge in [0.15, 0.2) is 18.9 Å². The largest absolute Gasteiger partial charge is 0.393 e. The summed E-state index contributed by atoms with van der Waals surface area (Å²) >= 11 is 0. The van der Waals surface area contributed by atoms with Gasteiger partial charge in [-0.05, 0) is 6.92 Å². The van der Waals surface area contributed by atoms with Gasteiger partial charge >= 0.3 is 0 Å². The molecule has 15 nitrogen and oxygen atoms in total. The number of hydrogen-bond acceptors (Lipinski definition) is 15. The minimum absolute atomic E-state index is 0.522. The van der Waals surface area contributed by atoms with Crippen molar-refractivity contribution in [1.29, 1.82) is 0 Å². The molecule has 32 heavy (non-hydrogen) atoms. The molecule has 3 aliphatic heterocycles. The first-order chi connectivity index (χ1) is 15.0. The van der Waals surface area contributed by atoms with E-state index < -0.39 is 99.6 Å². The molecule has 3 heterocycles. The molecular weight excluding hydrogens is 444 g/mol. The van der Waals surface area contributed by atoms with Crippen molar-refractivity contribution in [3.63, 3.8) is 0 Å². The van der Waals surface area contributed by atoms with Gasteiger partial charge in [0.25, 0.3) is 0 Å². The van der Waals surface area contributed by atoms with E-state index in [1.54, 1.807) is 0 Å². The van der Waals surface area contributed by atoms with Gasteiger partial charge in [0.2, 0.25) is 12.6 Å². The van der Waals surface area contributed by atoms with E-state index in [-0.39, 0.29) is 0 Å². The zero-order valence-corrected chi connectivity index (χ0v) is 17.0. The van der Waals surface area contributed by atoms with Crippen LogP contribution in [-0.2, 0) is 28.4 Å². The van der Waals surface area contributed by atoms with Crippen LogP contribution in [0.3, 0.4) is 0 Å². The maximum absolute atomic E-state index is 10.4. The van der Waals surface area contributed by atoms with Crippen LogP contribution in [0.4, 0.5) is 0 Å². The summed E-state index contributed by atoms with van der Waals surface area (Å²) in [6.07, 6.45) is -21.4. The van der Waals surface area contributed by atoms with E-state index in [9.17, 15) is 40.9 Å². The van der Waals surface area contributed by atoms with Gasteiger partial charge < -0.3 is 74.4 Å². The summed E-state index contributed by atoms with van der Waals surface area (Å²) in [6, 6.07) is 0. The molecule has 9 N–H and O–H groups in total. The molecule has 0 saturated carbocycles. The number of rotatable bonds is 6. The maximum atomic E-state index is 10.4. The lowest BCUT2D eigenvalue weighted by Crippen LogP contribution is -2.64. The summed E-state index contributed by atoms with van der Waals surface area (Å²) < 4.78 is 30.9. The van der Waals surface area contributed by atoms with Crippen molar-refractivity contribution in [3.8, 4) is 0 Å². The standard InChI is InChI=1S/C17H30O15/c1-4-7(19)9(21)11(23)16(28-4)31-12-10(22)8(20)6(29-14(12)25)3-27-17-15(26)32-13(24)5(2-18)30-17/h4-26H,2-3H2,1H3/t4?,5?,6?,7-,8+,9?,10?,11?,12?,13-,14+,15?,16-,17+/m0/s1. The third-order valence-electron chi connectivity index (χ3n) is 5.51. The molecule has 0 aliphatic carbocycles. The third-order valence-corrected chi connectivity index (χ3v) is 5.51. The monoisotopic (exact) mass is 474 g/mol. The summed E-state index contributed by atoms with van der Waals surface area (Å²) in [4.78, 5) is 0. The molecule has 15 heteroatoms. The Morgan fingerprint density at radius 1 is 0.625 bits per heavy atom. The second-order valence-corrected chi connectivity index (χ2v) is 7.80. The van der Waals surface area contributed by atoms with Crippen LogP contribution in [0.2, 0.25) is 0 Å². The predicted molar refractivity (Wildman–Crippen MR) is 94.9 cm³/mol. The predicted octanol–water partition coefficient (Wildman–Crippen LogP) is -5.97. The van der Waals surface area contributed by atoms with E-state index >= 15 is 0 Å². The molecule has 0 spiro atoms. The third kappa shape index (κ3) is 5.38. The number of aliphatic hydroxyl groups is 9. The smallest absolute Gasteiger partial charge is 0.209 e. The van der Waals surface area contributed by atoms with Gasteiger partial charge in [-0.1, -0.05) is 0 Å². The van der Waals surface area contributed by atoms with E-state index in [2.05, 4.69) is 0 Å². The van der Waals surface area contributed by atoms with E-state index in [0.29, 0.717) is 0 Å². The molecule has 0 amide bonds. The normalized spacial score (nSPS) is 52.7. The lowest BCUT2D eigenvalue weighted by molar-refractivity contribution is -0.396. The Kier molecular flexibility index (Phi) is 8.75. The fourth-order valence-corrected chi connectivity index (χ4v) is 3.53. The molecule has 3 rings (SSSR count). The highest BCUT2D eigenvalue weighted by molar-refractivity contribution is 4.92. The van der Waals surface area contributed by atoms with Crippen molar-refractivity contribution >= 4 is 0 Å². The van der Waals surface area contributed by atoms with Crippen LogP contribution < -0.4 is 0 Å². The highest BCUT2D eigenvalue weighted by atomic mass is 16.8. The van der Waals surface area contributed by atoms with Crippen LogP contribution in [0.15, 0.2) is 0 Å². The van der Waals surface area contributed by atoms with Gasteiger partial charge in [-0.15, -0.1) is 0 Å². The van der Waals surface area contributed by atoms with Crippen molar-refractivity contribution in [2.24, 2.45) is 0 Å². The fourth-order valence-electron chi connectivity index (χ4n) is 3.53. The molecule has 0 radical (unpaired) electrons. The molecule has 0 bridgehead atoms. The first-order valence-electron chi connectivity index (χ1n) is 9.99. The van der Waals surface area contributed by atoms with Gasteiger partial charge in [0, 0.05) is 0 Å². The molecule has 0 aromatic heterocycles. The molecule has 3 aliphatic rings. The van der Waals surface area contributed by atoms with Crippen molar-refractivity contribution in [3.05, 3.63) is 0 Å². The second kappa shape index (κ2) is 10.8. The highest BCUT2D eigenvalue weighted by Gasteiger charge is 2.50. The Morgan fingerprint density at radius 2 is 1.31 bits per heavy atom. The van der Waals surface area contributed by atoms with Crippen LogP contribution in [-0.4, -0.2) is 146 Å². The minimum Gasteiger partial charge on any atom is -0.393 e. The van der Waals surface area contributed by atoms with Gasteiger partial charge in [-0.2, -0.15) is 0 Å². The van der Waals surface area contributed by atoms with E-state index in [0.717, 1.165) is 0 Å². The number of hydrogen-bond donors (Lipinski definition) is 9. The topological polar surface area (TPSA) is 237 Å². The molecule has 3 saturated heterocycles. The molecule has 8 unspecified atom stereocenters. The Hall–Kier alpha value is -0.600. The Balaban J connectivity index is 1.56. The zero-order chi connectivity index (χ0) is 23.7. The first kappa shape index (κ1) is 26.0. The summed E-state index contributed by atoms with van der Waals surface area (Å²) in [5.74, 6) is 0. The summed E-state index contributed by atoms with van der Waals surface area (Å²) in [6.45, 7) is 0.256. The quantitative estimate of drug-likeness (QED) is 0.174. The molecule has 0 aromatic carbocycles. The number of ether oxygens (including phenoxy) is 6. The van der Waals surface area contributed by atoms with Gasteiger partial charge in [-0.25, -0.2) is 0 Å². The van der Waals surface area contributed by atoms with Crippen LogP contribution in [0.1, 0.15) is 6.92 Å². The van der Waals surface area contributed by atoms with Gasteiger partial charge in [0.1, 0.15) is 48.8 Å². The highest BCUT2D eigenvalue weighted by Crippen LogP contribution is 2.29. The van der Waals surface area contributed by atoms with Gasteiger partial charge in [0.05, 0.1) is 19.3 Å². The van der Waals surface area contributed by atoms with E-state index in [1.807, 2.05) is 0 Å². The second-order valence-electron chi connectivity index (χ2n) is 7.80. The van der Waals surface area contributed by atoms with Crippen molar-refractivity contribution in [1.82, 2.24) is 0 Å². The maximum Gasteiger partial charge on any atom is 0.209 e. The molecule has 3 fully saturated rings. The lowest BCUT2D eigenvalue weighted by atomic mass is 9.97. The van der Waals surface area contributed by atoms with Crippen LogP contribution in [0, 0.1) is 0 Å². The van der Waals surface area contributed by atoms with Crippen LogP contribution in [0.25, 0.3) is 0 Å². The summed E-state index contributed by atoms with van der Waals surface area (Å²) in [7, 11) is 0. The molecular formula is C17H30O15. The summed E-state index contributed by atoms with van der Waals surface area (Å²) in [5, 5.41) is 88.9. The van der Waals surface area contributed by atoms with Crippen molar-refractivity contribution < 1.29 is 74.4 Å². The Labute approximate surface area is 181 Å². The molecule has 14 atom stereocenters. The Bertz CT molecular complexity index is 596. The zero-order valence-electron chi connectivity index (χ0n) is 17.0. The Morgan fingerprint density at radius 3 is 1.97 bits per heavy atom. The fraction of sp³-hybridized carbons (Fsp3) is 1.00.